The Morgan fingerprint density at radius 1 is 1.38 bits per heavy atom. The SMILES string of the molecule is [NH]CC1(C(=O)N2CCOCC2)CC1. The maximum Gasteiger partial charge on any atom is 0.230 e. The Morgan fingerprint density at radius 2 is 2.00 bits per heavy atom. The Bertz CT molecular complexity index is 208. The van der Waals surface area contributed by atoms with Gasteiger partial charge < -0.3 is 9.64 Å². The molecule has 2 rings (SSSR count). The van der Waals surface area contributed by atoms with E-state index < -0.39 is 0 Å². The van der Waals surface area contributed by atoms with Gasteiger partial charge in [-0.2, -0.15) is 0 Å². The molecule has 1 aliphatic carbocycles. The maximum absolute atomic E-state index is 11.9. The molecule has 0 atom stereocenters. The minimum absolute atomic E-state index is 0.186. The highest BCUT2D eigenvalue weighted by atomic mass is 16.5. The molecule has 0 bridgehead atoms. The summed E-state index contributed by atoms with van der Waals surface area (Å²) in [5.41, 5.74) is 7.04. The number of rotatable bonds is 2. The van der Waals surface area contributed by atoms with Crippen LogP contribution in [0, 0.1) is 5.41 Å². The van der Waals surface area contributed by atoms with Gasteiger partial charge in [0.1, 0.15) is 0 Å². The summed E-state index contributed by atoms with van der Waals surface area (Å²) in [4.78, 5) is 13.7. The van der Waals surface area contributed by atoms with E-state index in [-0.39, 0.29) is 17.9 Å². The van der Waals surface area contributed by atoms with Gasteiger partial charge in [0.15, 0.2) is 0 Å². The predicted molar refractivity (Wildman–Crippen MR) is 47.0 cm³/mol. The van der Waals surface area contributed by atoms with Crippen molar-refractivity contribution >= 4 is 5.91 Å². The molecule has 13 heavy (non-hydrogen) atoms. The summed E-state index contributed by atoms with van der Waals surface area (Å²) >= 11 is 0. The Balaban J connectivity index is 1.95. The third-order valence-electron chi connectivity index (χ3n) is 2.94. The quantitative estimate of drug-likeness (QED) is 0.600. The Morgan fingerprint density at radius 3 is 2.46 bits per heavy atom. The second-order valence-corrected chi connectivity index (χ2v) is 3.86. The standard InChI is InChI=1S/C9H15N2O2/c10-7-9(1-2-9)8(12)11-3-5-13-6-4-11/h10H,1-7H2. The molecule has 1 amide bonds. The van der Waals surface area contributed by atoms with Crippen LogP contribution >= 0.6 is 0 Å². The molecule has 0 aromatic carbocycles. The van der Waals surface area contributed by atoms with Crippen molar-refractivity contribution in [1.82, 2.24) is 10.6 Å². The molecular formula is C9H15N2O2. The van der Waals surface area contributed by atoms with E-state index >= 15 is 0 Å². The van der Waals surface area contributed by atoms with Crippen molar-refractivity contribution in [3.8, 4) is 0 Å². The summed E-state index contributed by atoms with van der Waals surface area (Å²) in [6.07, 6.45) is 1.82. The fourth-order valence-electron chi connectivity index (χ4n) is 1.72. The molecule has 2 fully saturated rings. The minimum Gasteiger partial charge on any atom is -0.378 e. The van der Waals surface area contributed by atoms with Crippen molar-refractivity contribution in [3.63, 3.8) is 0 Å². The van der Waals surface area contributed by atoms with Gasteiger partial charge >= 0.3 is 0 Å². The molecule has 0 aromatic rings. The number of carbonyl (C=O) groups excluding carboxylic acids is 1. The molecule has 4 heteroatoms. The number of hydrogen-bond donors (Lipinski definition) is 0. The van der Waals surface area contributed by atoms with Crippen LogP contribution in [0.2, 0.25) is 0 Å². The highest BCUT2D eigenvalue weighted by Crippen LogP contribution is 2.46. The van der Waals surface area contributed by atoms with Crippen molar-refractivity contribution < 1.29 is 9.53 Å². The average molecular weight is 183 g/mol. The van der Waals surface area contributed by atoms with Crippen LogP contribution in [0.4, 0.5) is 0 Å². The highest BCUT2D eigenvalue weighted by Gasteiger charge is 2.50. The molecule has 1 heterocycles. The van der Waals surface area contributed by atoms with E-state index in [4.69, 9.17) is 10.5 Å². The zero-order valence-corrected chi connectivity index (χ0v) is 7.71. The molecule has 2 aliphatic rings. The van der Waals surface area contributed by atoms with Gasteiger partial charge in [0.2, 0.25) is 5.91 Å². The van der Waals surface area contributed by atoms with Gasteiger partial charge in [-0.05, 0) is 12.8 Å². The zero-order chi connectivity index (χ0) is 9.31. The summed E-state index contributed by atoms with van der Waals surface area (Å²) < 4.78 is 5.18. The largest absolute Gasteiger partial charge is 0.378 e. The number of ether oxygens (including phenoxy) is 1. The monoisotopic (exact) mass is 183 g/mol. The maximum atomic E-state index is 11.9. The lowest BCUT2D eigenvalue weighted by Crippen LogP contribution is -2.45. The smallest absolute Gasteiger partial charge is 0.230 e. The fraction of sp³-hybridized carbons (Fsp3) is 0.889. The van der Waals surface area contributed by atoms with E-state index in [0.29, 0.717) is 26.3 Å². The van der Waals surface area contributed by atoms with Crippen LogP contribution in [0.3, 0.4) is 0 Å². The molecule has 4 nitrogen and oxygen atoms in total. The molecule has 1 saturated heterocycles. The van der Waals surface area contributed by atoms with Crippen molar-refractivity contribution in [2.75, 3.05) is 32.8 Å². The van der Waals surface area contributed by atoms with Crippen LogP contribution in [-0.4, -0.2) is 43.7 Å². The lowest BCUT2D eigenvalue weighted by Gasteiger charge is -2.29. The second-order valence-electron chi connectivity index (χ2n) is 3.86. The van der Waals surface area contributed by atoms with E-state index in [1.807, 2.05) is 4.90 Å². The molecule has 1 radical (unpaired) electrons. The van der Waals surface area contributed by atoms with E-state index in [0.717, 1.165) is 12.8 Å². The first kappa shape index (κ1) is 8.97. The number of amides is 1. The fourth-order valence-corrected chi connectivity index (χ4v) is 1.72. The van der Waals surface area contributed by atoms with Crippen molar-refractivity contribution in [3.05, 3.63) is 0 Å². The van der Waals surface area contributed by atoms with Gasteiger partial charge in [-0.25, -0.2) is 0 Å². The predicted octanol–water partition coefficient (Wildman–Crippen LogP) is -0.0917. The molecule has 1 saturated carbocycles. The lowest BCUT2D eigenvalue weighted by molar-refractivity contribution is -0.140. The van der Waals surface area contributed by atoms with Crippen LogP contribution in [-0.2, 0) is 9.53 Å². The van der Waals surface area contributed by atoms with E-state index in [1.54, 1.807) is 0 Å². The molecule has 0 aromatic heterocycles. The van der Waals surface area contributed by atoms with Crippen LogP contribution in [0.5, 0.6) is 0 Å². The summed E-state index contributed by atoms with van der Waals surface area (Å²) in [5, 5.41) is 0. The van der Waals surface area contributed by atoms with Gasteiger partial charge in [0, 0.05) is 19.6 Å². The molecule has 1 aliphatic heterocycles. The van der Waals surface area contributed by atoms with Gasteiger partial charge in [-0.1, -0.05) is 0 Å². The minimum atomic E-state index is -0.294. The van der Waals surface area contributed by atoms with Crippen LogP contribution in [0.1, 0.15) is 12.8 Å². The molecule has 0 spiro atoms. The Labute approximate surface area is 78.0 Å². The molecular weight excluding hydrogens is 168 g/mol. The van der Waals surface area contributed by atoms with Crippen molar-refractivity contribution in [1.29, 1.82) is 0 Å². The summed E-state index contributed by atoms with van der Waals surface area (Å²) in [5.74, 6) is 0.186. The van der Waals surface area contributed by atoms with Crippen molar-refractivity contribution in [2.45, 2.75) is 12.8 Å². The van der Waals surface area contributed by atoms with E-state index in [9.17, 15) is 4.79 Å². The van der Waals surface area contributed by atoms with E-state index in [2.05, 4.69) is 0 Å². The van der Waals surface area contributed by atoms with Gasteiger partial charge in [-0.3, -0.25) is 10.5 Å². The number of nitrogens with zero attached hydrogens (tertiary/aromatic N) is 1. The summed E-state index contributed by atoms with van der Waals surface area (Å²) in [6, 6.07) is 0. The topological polar surface area (TPSA) is 53.3 Å². The number of hydrogen-bond acceptors (Lipinski definition) is 2. The summed E-state index contributed by atoms with van der Waals surface area (Å²) in [7, 11) is 0. The highest BCUT2D eigenvalue weighted by molar-refractivity contribution is 5.85. The van der Waals surface area contributed by atoms with Crippen molar-refractivity contribution in [2.24, 2.45) is 5.41 Å². The van der Waals surface area contributed by atoms with E-state index in [1.165, 1.54) is 0 Å². The normalized spacial score (nSPS) is 25.8. The lowest BCUT2D eigenvalue weighted by atomic mass is 10.1. The van der Waals surface area contributed by atoms with Crippen LogP contribution in [0.15, 0.2) is 0 Å². The Kier molecular flexibility index (Phi) is 2.26. The summed E-state index contributed by atoms with van der Waals surface area (Å²) in [6.45, 7) is 2.98. The van der Waals surface area contributed by atoms with Gasteiger partial charge in [0.05, 0.1) is 18.6 Å². The number of carbonyl (C=O) groups is 1. The van der Waals surface area contributed by atoms with Crippen LogP contribution < -0.4 is 5.73 Å². The Hall–Kier alpha value is -0.610. The zero-order valence-electron chi connectivity index (χ0n) is 7.71. The van der Waals surface area contributed by atoms with Crippen LogP contribution in [0.25, 0.3) is 0 Å². The first-order valence-corrected chi connectivity index (χ1v) is 4.80. The number of nitrogens with one attached hydrogen (secondary N) is 1. The van der Waals surface area contributed by atoms with Gasteiger partial charge in [0.25, 0.3) is 0 Å². The third kappa shape index (κ3) is 1.56. The van der Waals surface area contributed by atoms with Gasteiger partial charge in [-0.15, -0.1) is 0 Å². The number of morpholine rings is 1. The second kappa shape index (κ2) is 3.27. The molecule has 73 valence electrons. The third-order valence-corrected chi connectivity index (χ3v) is 2.94. The molecule has 0 unspecified atom stereocenters. The molecule has 1 N–H and O–H groups in total. The first-order chi connectivity index (χ1) is 6.28. The average Bonchev–Trinajstić information content (AvgIpc) is 2.99. The first-order valence-electron chi connectivity index (χ1n) is 4.80.